The summed E-state index contributed by atoms with van der Waals surface area (Å²) >= 11 is 0. The van der Waals surface area contributed by atoms with Crippen molar-refractivity contribution in [3.05, 3.63) is 48.0 Å². The normalized spacial score (nSPS) is 24.7. The van der Waals surface area contributed by atoms with Gasteiger partial charge < -0.3 is 14.9 Å². The summed E-state index contributed by atoms with van der Waals surface area (Å²) in [5.41, 5.74) is 1.38. The van der Waals surface area contributed by atoms with Crippen molar-refractivity contribution in [3.63, 3.8) is 0 Å². The molecule has 4 nitrogen and oxygen atoms in total. The van der Waals surface area contributed by atoms with E-state index in [1.165, 1.54) is 5.56 Å². The van der Waals surface area contributed by atoms with E-state index >= 15 is 0 Å². The van der Waals surface area contributed by atoms with Crippen LogP contribution in [0.25, 0.3) is 0 Å². The van der Waals surface area contributed by atoms with E-state index in [0.717, 1.165) is 44.9 Å². The molecule has 0 aliphatic heterocycles. The Morgan fingerprint density at radius 1 is 1.06 bits per heavy atom. The number of ether oxygens (including phenoxy) is 1. The van der Waals surface area contributed by atoms with Crippen LogP contribution in [0.2, 0.25) is 0 Å². The zero-order valence-corrected chi connectivity index (χ0v) is 19.6. The van der Waals surface area contributed by atoms with Crippen LogP contribution in [-0.4, -0.2) is 34.5 Å². The second-order valence-electron chi connectivity index (χ2n) is 9.54. The highest BCUT2D eigenvalue weighted by atomic mass is 16.5. The van der Waals surface area contributed by atoms with Gasteiger partial charge in [0.2, 0.25) is 0 Å². The Balaban J connectivity index is 1.70. The molecule has 174 valence electrons. The van der Waals surface area contributed by atoms with E-state index in [1.54, 1.807) is 0 Å². The monoisotopic (exact) mass is 430 g/mol. The molecule has 1 aliphatic rings. The summed E-state index contributed by atoms with van der Waals surface area (Å²) in [5, 5.41) is 20.9. The van der Waals surface area contributed by atoms with Crippen LogP contribution in [0.15, 0.2) is 42.5 Å². The molecular formula is C27H42O4. The van der Waals surface area contributed by atoms with Crippen LogP contribution in [0.1, 0.15) is 77.7 Å². The fourth-order valence-electron chi connectivity index (χ4n) is 4.64. The van der Waals surface area contributed by atoms with Gasteiger partial charge in [-0.25, -0.2) is 0 Å². The number of allylic oxidation sites excluding steroid dienone is 2. The van der Waals surface area contributed by atoms with Crippen LogP contribution in [0.4, 0.5) is 0 Å². The molecule has 4 heteroatoms. The summed E-state index contributed by atoms with van der Waals surface area (Å²) < 4.78 is 5.14. The second-order valence-corrected chi connectivity index (χ2v) is 9.54. The molecule has 2 N–H and O–H groups in total. The number of unbranched alkanes of at least 4 members (excludes halogenated alkanes) is 1. The first-order chi connectivity index (χ1) is 14.9. The number of hydrogen-bond acceptors (Lipinski definition) is 4. The highest BCUT2D eigenvalue weighted by Gasteiger charge is 2.40. The maximum Gasteiger partial charge on any atom is 0.306 e. The van der Waals surface area contributed by atoms with Crippen molar-refractivity contribution in [2.75, 3.05) is 0 Å². The molecule has 0 radical (unpaired) electrons. The van der Waals surface area contributed by atoms with Gasteiger partial charge in [-0.05, 0) is 82.1 Å². The summed E-state index contributed by atoms with van der Waals surface area (Å²) in [6.07, 6.45) is 10.9. The van der Waals surface area contributed by atoms with Crippen LogP contribution in [-0.2, 0) is 16.0 Å². The Labute approximate surface area is 188 Å². The first-order valence-electron chi connectivity index (χ1n) is 12.1. The minimum atomic E-state index is -0.426. The Morgan fingerprint density at radius 2 is 1.77 bits per heavy atom. The summed E-state index contributed by atoms with van der Waals surface area (Å²) in [7, 11) is 0. The smallest absolute Gasteiger partial charge is 0.306 e. The predicted molar refractivity (Wildman–Crippen MR) is 126 cm³/mol. The van der Waals surface area contributed by atoms with Gasteiger partial charge in [0.05, 0.1) is 18.3 Å². The number of carbonyl (C=O) groups is 1. The average Bonchev–Trinajstić information content (AvgIpc) is 3.00. The van der Waals surface area contributed by atoms with Crippen LogP contribution >= 0.6 is 0 Å². The van der Waals surface area contributed by atoms with Crippen molar-refractivity contribution >= 4 is 5.97 Å². The second kappa shape index (κ2) is 13.7. The molecule has 1 saturated carbocycles. The van der Waals surface area contributed by atoms with Crippen LogP contribution in [0, 0.1) is 17.8 Å². The first-order valence-corrected chi connectivity index (χ1v) is 12.1. The zero-order chi connectivity index (χ0) is 22.6. The maximum absolute atomic E-state index is 11.6. The molecule has 1 aliphatic carbocycles. The Morgan fingerprint density at radius 3 is 2.48 bits per heavy atom. The van der Waals surface area contributed by atoms with Crippen molar-refractivity contribution in [1.82, 2.24) is 0 Å². The van der Waals surface area contributed by atoms with E-state index in [2.05, 4.69) is 49.4 Å². The molecule has 2 rings (SSSR count). The lowest BCUT2D eigenvalue weighted by Gasteiger charge is -2.24. The SMILES string of the molecule is CC(C)OC(=O)CCC/C=C\C[C@@H]1[C@@H](CC[C@@H](C)CCc2ccccc2)[C@H](O)C[C@@H]1O. The molecule has 31 heavy (non-hydrogen) atoms. The highest BCUT2D eigenvalue weighted by Crippen LogP contribution is 2.39. The van der Waals surface area contributed by atoms with Crippen molar-refractivity contribution < 1.29 is 19.7 Å². The van der Waals surface area contributed by atoms with Crippen molar-refractivity contribution in [3.8, 4) is 0 Å². The molecule has 5 atom stereocenters. The van der Waals surface area contributed by atoms with Gasteiger partial charge >= 0.3 is 5.97 Å². The van der Waals surface area contributed by atoms with E-state index < -0.39 is 12.2 Å². The fourth-order valence-corrected chi connectivity index (χ4v) is 4.64. The molecule has 0 amide bonds. The lowest BCUT2D eigenvalue weighted by atomic mass is 9.84. The molecule has 0 spiro atoms. The molecule has 0 saturated heterocycles. The molecule has 0 unspecified atom stereocenters. The van der Waals surface area contributed by atoms with Gasteiger partial charge in [0.15, 0.2) is 0 Å². The lowest BCUT2D eigenvalue weighted by molar-refractivity contribution is -0.147. The van der Waals surface area contributed by atoms with Gasteiger partial charge in [0.1, 0.15) is 0 Å². The maximum atomic E-state index is 11.6. The fraction of sp³-hybridized carbons (Fsp3) is 0.667. The zero-order valence-electron chi connectivity index (χ0n) is 19.6. The number of rotatable bonds is 13. The third-order valence-corrected chi connectivity index (χ3v) is 6.48. The molecular weight excluding hydrogens is 388 g/mol. The predicted octanol–water partition coefficient (Wildman–Crippen LogP) is 5.46. The summed E-state index contributed by atoms with van der Waals surface area (Å²) in [4.78, 5) is 11.6. The first kappa shape index (κ1) is 25.6. The van der Waals surface area contributed by atoms with Crippen LogP contribution in [0.5, 0.6) is 0 Å². The average molecular weight is 431 g/mol. The van der Waals surface area contributed by atoms with E-state index in [4.69, 9.17) is 4.74 Å². The Bertz CT molecular complexity index is 654. The van der Waals surface area contributed by atoms with Gasteiger partial charge in [0, 0.05) is 6.42 Å². The van der Waals surface area contributed by atoms with Gasteiger partial charge in [0.25, 0.3) is 0 Å². The van der Waals surface area contributed by atoms with E-state index in [-0.39, 0.29) is 23.9 Å². The number of esters is 1. The standard InChI is InChI=1S/C27H42O4/c1-20(2)31-27(30)14-10-5-4-9-13-23-24(26(29)19-25(23)28)18-16-21(3)15-17-22-11-7-6-8-12-22/h4,6-9,11-12,20-21,23-26,28-29H,5,10,13-19H2,1-3H3/b9-4-/t21-,23+,24+,25-,26+/m0/s1. The molecule has 0 aromatic heterocycles. The highest BCUT2D eigenvalue weighted by molar-refractivity contribution is 5.69. The Kier molecular flexibility index (Phi) is 11.3. The number of carbonyl (C=O) groups excluding carboxylic acids is 1. The van der Waals surface area contributed by atoms with Gasteiger partial charge in [-0.2, -0.15) is 0 Å². The molecule has 1 fully saturated rings. The quantitative estimate of drug-likeness (QED) is 0.248. The third-order valence-electron chi connectivity index (χ3n) is 6.48. The Hall–Kier alpha value is -1.65. The van der Waals surface area contributed by atoms with Crippen molar-refractivity contribution in [1.29, 1.82) is 0 Å². The molecule has 0 bridgehead atoms. The molecule has 1 aromatic rings. The molecule has 0 heterocycles. The summed E-state index contributed by atoms with van der Waals surface area (Å²) in [6.45, 7) is 6.01. The third kappa shape index (κ3) is 9.57. The number of aliphatic hydroxyl groups excluding tert-OH is 2. The van der Waals surface area contributed by atoms with Gasteiger partial charge in [-0.15, -0.1) is 0 Å². The minimum absolute atomic E-state index is 0.0590. The van der Waals surface area contributed by atoms with E-state index in [9.17, 15) is 15.0 Å². The minimum Gasteiger partial charge on any atom is -0.463 e. The number of aliphatic hydroxyl groups is 2. The summed E-state index contributed by atoms with van der Waals surface area (Å²) in [5.74, 6) is 0.754. The van der Waals surface area contributed by atoms with Crippen LogP contribution < -0.4 is 0 Å². The molecule has 1 aromatic carbocycles. The topological polar surface area (TPSA) is 66.8 Å². The van der Waals surface area contributed by atoms with Crippen LogP contribution in [0.3, 0.4) is 0 Å². The van der Waals surface area contributed by atoms with E-state index in [0.29, 0.717) is 18.8 Å². The van der Waals surface area contributed by atoms with Crippen molar-refractivity contribution in [2.45, 2.75) is 96.9 Å². The van der Waals surface area contributed by atoms with Crippen molar-refractivity contribution in [2.24, 2.45) is 17.8 Å². The number of aryl methyl sites for hydroxylation is 1. The van der Waals surface area contributed by atoms with Gasteiger partial charge in [-0.3, -0.25) is 4.79 Å². The van der Waals surface area contributed by atoms with Gasteiger partial charge in [-0.1, -0.05) is 55.8 Å². The number of hydrogen-bond donors (Lipinski definition) is 2. The van der Waals surface area contributed by atoms with E-state index in [1.807, 2.05) is 13.8 Å². The largest absolute Gasteiger partial charge is 0.463 e. The lowest BCUT2D eigenvalue weighted by Crippen LogP contribution is -2.22. The number of benzene rings is 1. The summed E-state index contributed by atoms with van der Waals surface area (Å²) in [6, 6.07) is 10.6.